The fraction of sp³-hybridized carbons (Fsp3) is 0.846. The van der Waals surface area contributed by atoms with Crippen LogP contribution in [0, 0.1) is 0 Å². The molecular formula is C13H23NO9. The van der Waals surface area contributed by atoms with Crippen molar-refractivity contribution in [2.75, 3.05) is 13.2 Å². The molecule has 2 aliphatic rings. The van der Waals surface area contributed by atoms with Crippen LogP contribution in [0.2, 0.25) is 0 Å². The van der Waals surface area contributed by atoms with Crippen molar-refractivity contribution in [1.82, 2.24) is 0 Å². The Morgan fingerprint density at radius 1 is 0.957 bits per heavy atom. The molecule has 10 heteroatoms. The summed E-state index contributed by atoms with van der Waals surface area (Å²) in [5, 5.41) is 67.7. The molecule has 1 saturated heterocycles. The Kier molecular flexibility index (Phi) is 6.08. The Morgan fingerprint density at radius 3 is 2.17 bits per heavy atom. The summed E-state index contributed by atoms with van der Waals surface area (Å²) in [5.41, 5.74) is 5.77. The highest BCUT2D eigenvalue weighted by Crippen LogP contribution is 2.28. The summed E-state index contributed by atoms with van der Waals surface area (Å²) in [4.78, 5) is 0. The number of hydrogen-bond acceptors (Lipinski definition) is 10. The second-order valence-corrected chi connectivity index (χ2v) is 5.71. The van der Waals surface area contributed by atoms with E-state index in [4.69, 9.17) is 20.3 Å². The lowest BCUT2D eigenvalue weighted by Gasteiger charge is -2.43. The van der Waals surface area contributed by atoms with E-state index in [2.05, 4.69) is 0 Å². The number of ether oxygens (including phenoxy) is 2. The van der Waals surface area contributed by atoms with Crippen LogP contribution in [0.4, 0.5) is 0 Å². The van der Waals surface area contributed by atoms with Gasteiger partial charge in [-0.25, -0.2) is 0 Å². The number of aliphatic hydroxyl groups excluding tert-OH is 7. The van der Waals surface area contributed by atoms with E-state index in [9.17, 15) is 30.6 Å². The maximum Gasteiger partial charge on any atom is 0.187 e. The fourth-order valence-corrected chi connectivity index (χ4v) is 2.70. The molecule has 9 atom stereocenters. The van der Waals surface area contributed by atoms with Gasteiger partial charge in [0, 0.05) is 0 Å². The first-order valence-corrected chi connectivity index (χ1v) is 7.21. The number of hydrogen-bond donors (Lipinski definition) is 8. The highest BCUT2D eigenvalue weighted by atomic mass is 16.7. The van der Waals surface area contributed by atoms with Gasteiger partial charge in [0.15, 0.2) is 6.29 Å². The van der Waals surface area contributed by atoms with E-state index >= 15 is 0 Å². The smallest absolute Gasteiger partial charge is 0.187 e. The number of nitrogens with two attached hydrogens (primary N) is 1. The van der Waals surface area contributed by atoms with Gasteiger partial charge >= 0.3 is 0 Å². The molecule has 134 valence electrons. The Labute approximate surface area is 132 Å². The van der Waals surface area contributed by atoms with Crippen molar-refractivity contribution in [2.45, 2.75) is 55.1 Å². The monoisotopic (exact) mass is 337 g/mol. The summed E-state index contributed by atoms with van der Waals surface area (Å²) >= 11 is 0. The van der Waals surface area contributed by atoms with Crippen LogP contribution in [0.15, 0.2) is 11.6 Å². The zero-order valence-corrected chi connectivity index (χ0v) is 12.2. The second kappa shape index (κ2) is 7.49. The van der Waals surface area contributed by atoms with Gasteiger partial charge in [-0.2, -0.15) is 0 Å². The molecule has 1 fully saturated rings. The minimum atomic E-state index is -1.66. The molecule has 0 bridgehead atoms. The zero-order chi connectivity index (χ0) is 17.3. The first-order valence-electron chi connectivity index (χ1n) is 7.21. The van der Waals surface area contributed by atoms with Crippen molar-refractivity contribution >= 4 is 0 Å². The van der Waals surface area contributed by atoms with Gasteiger partial charge < -0.3 is 51.0 Å². The van der Waals surface area contributed by atoms with Gasteiger partial charge in [0.05, 0.1) is 19.3 Å². The third-order valence-corrected chi connectivity index (χ3v) is 4.14. The first-order chi connectivity index (χ1) is 10.8. The maximum absolute atomic E-state index is 10.1. The molecule has 0 saturated carbocycles. The van der Waals surface area contributed by atoms with Crippen molar-refractivity contribution in [3.8, 4) is 0 Å². The number of aliphatic hydroxyl groups is 7. The van der Waals surface area contributed by atoms with Crippen molar-refractivity contribution in [1.29, 1.82) is 0 Å². The normalized spacial score (nSPS) is 48.2. The molecule has 1 heterocycles. The van der Waals surface area contributed by atoms with Gasteiger partial charge in [0.25, 0.3) is 0 Å². The highest BCUT2D eigenvalue weighted by molar-refractivity contribution is 5.21. The van der Waals surface area contributed by atoms with Crippen molar-refractivity contribution in [3.63, 3.8) is 0 Å². The van der Waals surface area contributed by atoms with E-state index in [0.29, 0.717) is 0 Å². The maximum atomic E-state index is 10.1. The fourth-order valence-electron chi connectivity index (χ4n) is 2.70. The molecule has 1 aliphatic carbocycles. The Balaban J connectivity index is 2.17. The Hall–Kier alpha value is -0.660. The average molecular weight is 337 g/mol. The molecule has 0 aromatic heterocycles. The van der Waals surface area contributed by atoms with Gasteiger partial charge in [0.2, 0.25) is 0 Å². The lowest BCUT2D eigenvalue weighted by Crippen LogP contribution is -2.61. The molecule has 0 aromatic rings. The summed E-state index contributed by atoms with van der Waals surface area (Å²) in [6.07, 6.45) is -10.3. The van der Waals surface area contributed by atoms with E-state index in [1.807, 2.05) is 0 Å². The predicted octanol–water partition coefficient (Wildman–Crippen LogP) is -4.85. The molecule has 10 nitrogen and oxygen atoms in total. The topological polar surface area (TPSA) is 186 Å². The summed E-state index contributed by atoms with van der Waals surface area (Å²) in [6.45, 7) is -1.15. The van der Waals surface area contributed by atoms with E-state index in [1.54, 1.807) is 0 Å². The lowest BCUT2D eigenvalue weighted by molar-refractivity contribution is -0.316. The molecule has 0 spiro atoms. The third kappa shape index (κ3) is 3.56. The largest absolute Gasteiger partial charge is 0.394 e. The van der Waals surface area contributed by atoms with Crippen LogP contribution in [0.25, 0.3) is 0 Å². The van der Waals surface area contributed by atoms with Crippen molar-refractivity contribution < 1.29 is 45.2 Å². The van der Waals surface area contributed by atoms with Gasteiger partial charge in [0.1, 0.15) is 42.7 Å². The molecule has 1 aliphatic heterocycles. The summed E-state index contributed by atoms with van der Waals surface area (Å²) in [6, 6.07) is -0.901. The van der Waals surface area contributed by atoms with Crippen LogP contribution in [0.5, 0.6) is 0 Å². The molecule has 0 radical (unpaired) electrons. The van der Waals surface area contributed by atoms with Crippen LogP contribution >= 0.6 is 0 Å². The molecule has 0 aromatic carbocycles. The summed E-state index contributed by atoms with van der Waals surface area (Å²) < 4.78 is 10.6. The predicted molar refractivity (Wildman–Crippen MR) is 73.8 cm³/mol. The lowest BCUT2D eigenvalue weighted by atomic mass is 9.88. The number of rotatable bonds is 4. The van der Waals surface area contributed by atoms with E-state index in [-0.39, 0.29) is 5.57 Å². The van der Waals surface area contributed by atoms with Crippen LogP contribution in [0.1, 0.15) is 0 Å². The zero-order valence-electron chi connectivity index (χ0n) is 12.2. The second-order valence-electron chi connectivity index (χ2n) is 5.71. The van der Waals surface area contributed by atoms with Crippen molar-refractivity contribution in [2.24, 2.45) is 5.73 Å². The first kappa shape index (κ1) is 18.7. The van der Waals surface area contributed by atoms with E-state index < -0.39 is 68.3 Å². The minimum absolute atomic E-state index is 0.173. The molecule has 0 amide bonds. The van der Waals surface area contributed by atoms with Crippen LogP contribution in [0.3, 0.4) is 0 Å². The SMILES string of the molecule is NC1C=C(CO)C(O[C@H]2OC(CO)[C@@H](O)[C@H](O)C2O)C(O)C1O. The van der Waals surface area contributed by atoms with Gasteiger partial charge in [-0.15, -0.1) is 0 Å². The molecule has 9 N–H and O–H groups in total. The van der Waals surface area contributed by atoms with Crippen LogP contribution < -0.4 is 5.73 Å². The van der Waals surface area contributed by atoms with Gasteiger partial charge in [-0.05, 0) is 5.57 Å². The minimum Gasteiger partial charge on any atom is -0.394 e. The summed E-state index contributed by atoms with van der Waals surface area (Å²) in [7, 11) is 0. The quantitative estimate of drug-likeness (QED) is 0.231. The van der Waals surface area contributed by atoms with E-state index in [1.165, 1.54) is 6.08 Å². The summed E-state index contributed by atoms with van der Waals surface area (Å²) in [5.74, 6) is 0. The van der Waals surface area contributed by atoms with Gasteiger partial charge in [-0.3, -0.25) is 0 Å². The Morgan fingerprint density at radius 2 is 1.61 bits per heavy atom. The van der Waals surface area contributed by atoms with Crippen molar-refractivity contribution in [3.05, 3.63) is 11.6 Å². The van der Waals surface area contributed by atoms with Crippen LogP contribution in [-0.4, -0.2) is 104 Å². The van der Waals surface area contributed by atoms with Crippen LogP contribution in [-0.2, 0) is 9.47 Å². The average Bonchev–Trinajstić information content (AvgIpc) is 2.55. The highest BCUT2D eigenvalue weighted by Gasteiger charge is 2.47. The van der Waals surface area contributed by atoms with Gasteiger partial charge in [-0.1, -0.05) is 6.08 Å². The molecular weight excluding hydrogens is 314 g/mol. The third-order valence-electron chi connectivity index (χ3n) is 4.14. The molecule has 6 unspecified atom stereocenters. The standard InChI is InChI=1S/C13H23NO9/c14-5-1-4(2-15)12(10(20)7(5)17)23-13-11(21)9(19)8(18)6(3-16)22-13/h1,5-13,15-21H,2-3,14H2/t5?,6?,7?,8-,9+,10?,11?,12?,13-/m1/s1. The molecule has 23 heavy (non-hydrogen) atoms. The molecule has 2 rings (SSSR count). The Bertz CT molecular complexity index is 432. The van der Waals surface area contributed by atoms with E-state index in [0.717, 1.165) is 0 Å².